The number of aliphatic hydroxyl groups excluding tert-OH is 1. The largest absolute Gasteiger partial charge is 0.464 e. The van der Waals surface area contributed by atoms with Gasteiger partial charge in [0, 0.05) is 0 Å². The molecule has 0 saturated carbocycles. The number of benzene rings is 1. The lowest BCUT2D eigenvalue weighted by Crippen LogP contribution is -2.18. The number of carbonyl (C=O) groups is 1. The highest BCUT2D eigenvalue weighted by molar-refractivity contribution is 7.85. The van der Waals surface area contributed by atoms with Crippen molar-refractivity contribution in [1.29, 1.82) is 0 Å². The number of aryl methyl sites for hydroxylation is 1. The summed E-state index contributed by atoms with van der Waals surface area (Å²) in [5, 5.41) is 8.48. The molecule has 7 heteroatoms. The van der Waals surface area contributed by atoms with Crippen molar-refractivity contribution in [3.63, 3.8) is 0 Å². The van der Waals surface area contributed by atoms with Crippen molar-refractivity contribution in [2.24, 2.45) is 0 Å². The van der Waals surface area contributed by atoms with E-state index in [0.717, 1.165) is 5.56 Å². The second-order valence-corrected chi connectivity index (χ2v) is 5.14. The molecule has 1 unspecified atom stereocenters. The van der Waals surface area contributed by atoms with E-state index >= 15 is 0 Å². The van der Waals surface area contributed by atoms with E-state index in [2.05, 4.69) is 4.74 Å². The van der Waals surface area contributed by atoms with E-state index in [-0.39, 0.29) is 4.90 Å². The molecule has 1 rings (SSSR count). The van der Waals surface area contributed by atoms with Crippen molar-refractivity contribution < 1.29 is 27.6 Å². The van der Waals surface area contributed by atoms with Crippen molar-refractivity contribution in [1.82, 2.24) is 0 Å². The molecular weight excluding hydrogens is 272 g/mol. The first-order valence-electron chi connectivity index (χ1n) is 5.57. The molecule has 0 bridgehead atoms. The minimum atomic E-state index is -4.02. The van der Waals surface area contributed by atoms with Gasteiger partial charge in [0.25, 0.3) is 10.1 Å². The van der Waals surface area contributed by atoms with Crippen molar-refractivity contribution in [3.8, 4) is 0 Å². The van der Waals surface area contributed by atoms with Crippen LogP contribution >= 0.6 is 0 Å². The minimum Gasteiger partial charge on any atom is -0.464 e. The van der Waals surface area contributed by atoms with Gasteiger partial charge in [-0.05, 0) is 32.9 Å². The van der Waals surface area contributed by atoms with Gasteiger partial charge in [0.15, 0.2) is 0 Å². The second kappa shape index (κ2) is 7.88. The molecule has 0 aliphatic carbocycles. The zero-order valence-electron chi connectivity index (χ0n) is 11.0. The molecule has 0 aromatic heterocycles. The number of ether oxygens (including phenoxy) is 1. The molecule has 0 aliphatic rings. The number of hydrogen-bond donors (Lipinski definition) is 2. The molecule has 0 saturated heterocycles. The fourth-order valence-electron chi connectivity index (χ4n) is 0.973. The molecule has 1 aromatic rings. The molecule has 6 nitrogen and oxygen atoms in total. The smallest absolute Gasteiger partial charge is 0.334 e. The summed E-state index contributed by atoms with van der Waals surface area (Å²) in [5.74, 6) is -0.562. The highest BCUT2D eigenvalue weighted by atomic mass is 32.2. The Balaban J connectivity index is 0.000000362. The molecular formula is C12H18O6S. The van der Waals surface area contributed by atoms with E-state index in [0.29, 0.717) is 6.61 Å². The summed E-state index contributed by atoms with van der Waals surface area (Å²) >= 11 is 0. The monoisotopic (exact) mass is 290 g/mol. The Kier molecular flexibility index (Phi) is 7.28. The maximum atomic E-state index is 10.5. The summed E-state index contributed by atoms with van der Waals surface area (Å²) < 4.78 is 34.0. The van der Waals surface area contributed by atoms with Crippen LogP contribution in [0.2, 0.25) is 0 Å². The topological polar surface area (TPSA) is 101 Å². The molecule has 0 aliphatic heterocycles. The van der Waals surface area contributed by atoms with Gasteiger partial charge in [0.1, 0.15) is 6.10 Å². The summed E-state index contributed by atoms with van der Waals surface area (Å²) in [5.41, 5.74) is 0.956. The summed E-state index contributed by atoms with van der Waals surface area (Å²) in [6, 6.07) is 5.99. The molecule has 0 heterocycles. The molecule has 2 N–H and O–H groups in total. The highest BCUT2D eigenvalue weighted by Gasteiger charge is 2.07. The maximum Gasteiger partial charge on any atom is 0.334 e. The summed E-state index contributed by atoms with van der Waals surface area (Å²) in [4.78, 5) is 10.2. The normalized spacial score (nSPS) is 12.1. The average Bonchev–Trinajstić information content (AvgIpc) is 2.29. The molecule has 1 aromatic carbocycles. The summed E-state index contributed by atoms with van der Waals surface area (Å²) in [6.07, 6.45) is -0.991. The van der Waals surface area contributed by atoms with E-state index in [1.807, 2.05) is 6.92 Å². The lowest BCUT2D eigenvalue weighted by atomic mass is 10.2. The van der Waals surface area contributed by atoms with Gasteiger partial charge in [-0.2, -0.15) is 8.42 Å². The molecule has 0 spiro atoms. The van der Waals surface area contributed by atoms with Gasteiger partial charge < -0.3 is 9.84 Å². The van der Waals surface area contributed by atoms with Crippen LogP contribution in [0, 0.1) is 6.92 Å². The van der Waals surface area contributed by atoms with Crippen molar-refractivity contribution in [3.05, 3.63) is 29.8 Å². The third-order valence-corrected chi connectivity index (χ3v) is 2.81. The van der Waals surface area contributed by atoms with Gasteiger partial charge in [-0.1, -0.05) is 17.7 Å². The first kappa shape index (κ1) is 17.6. The summed E-state index contributed by atoms with van der Waals surface area (Å²) in [7, 11) is -4.02. The predicted molar refractivity (Wildman–Crippen MR) is 69.3 cm³/mol. The quantitative estimate of drug-likeness (QED) is 0.640. The van der Waals surface area contributed by atoms with E-state index in [1.54, 1.807) is 19.1 Å². The highest BCUT2D eigenvalue weighted by Crippen LogP contribution is 2.08. The Labute approximate surface area is 112 Å². The Morgan fingerprint density at radius 1 is 1.32 bits per heavy atom. The number of esters is 1. The molecule has 0 fully saturated rings. The van der Waals surface area contributed by atoms with Crippen LogP contribution < -0.4 is 0 Å². The Morgan fingerprint density at radius 3 is 2.05 bits per heavy atom. The van der Waals surface area contributed by atoms with Crippen molar-refractivity contribution in [2.75, 3.05) is 6.61 Å². The van der Waals surface area contributed by atoms with Crippen LogP contribution in [0.3, 0.4) is 0 Å². The van der Waals surface area contributed by atoms with E-state index in [9.17, 15) is 13.2 Å². The van der Waals surface area contributed by atoms with Gasteiger partial charge in [0.2, 0.25) is 0 Å². The van der Waals surface area contributed by atoms with Gasteiger partial charge in [-0.3, -0.25) is 4.55 Å². The standard InChI is InChI=1S/C7H8O3S.C5H10O3/c1-6-2-4-7(5-3-6)11(8,9)10;1-3-8-5(7)4(2)6/h2-5H,1H3,(H,8,9,10);4,6H,3H2,1-2H3. The van der Waals surface area contributed by atoms with Crippen LogP contribution in [-0.2, 0) is 19.6 Å². The lowest BCUT2D eigenvalue weighted by molar-refractivity contribution is -0.151. The first-order chi connectivity index (χ1) is 8.68. The van der Waals surface area contributed by atoms with Crippen molar-refractivity contribution in [2.45, 2.75) is 31.8 Å². The average molecular weight is 290 g/mol. The lowest BCUT2D eigenvalue weighted by Gasteiger charge is -2.01. The molecule has 1 atom stereocenters. The summed E-state index contributed by atoms with van der Waals surface area (Å²) in [6.45, 7) is 5.23. The van der Waals surface area contributed by atoms with Gasteiger partial charge in [0.05, 0.1) is 11.5 Å². The minimum absolute atomic E-state index is 0.0666. The molecule has 0 radical (unpaired) electrons. The van der Waals surface area contributed by atoms with Gasteiger partial charge >= 0.3 is 5.97 Å². The van der Waals surface area contributed by atoms with Crippen LogP contribution in [0.5, 0.6) is 0 Å². The Morgan fingerprint density at radius 2 is 1.79 bits per heavy atom. The fourth-order valence-corrected chi connectivity index (χ4v) is 1.45. The molecule has 0 amide bonds. The van der Waals surface area contributed by atoms with Gasteiger partial charge in [-0.15, -0.1) is 0 Å². The first-order valence-corrected chi connectivity index (χ1v) is 7.01. The Bertz CT molecular complexity index is 489. The number of hydrogen-bond acceptors (Lipinski definition) is 5. The van der Waals surface area contributed by atoms with Crippen LogP contribution in [0.1, 0.15) is 19.4 Å². The zero-order valence-corrected chi connectivity index (χ0v) is 11.8. The van der Waals surface area contributed by atoms with E-state index in [1.165, 1.54) is 19.1 Å². The third-order valence-electron chi connectivity index (χ3n) is 1.95. The van der Waals surface area contributed by atoms with E-state index < -0.39 is 22.2 Å². The van der Waals surface area contributed by atoms with Crippen LogP contribution in [0.15, 0.2) is 29.2 Å². The molecule has 19 heavy (non-hydrogen) atoms. The van der Waals surface area contributed by atoms with Crippen LogP contribution in [0.25, 0.3) is 0 Å². The van der Waals surface area contributed by atoms with Crippen LogP contribution in [0.4, 0.5) is 0 Å². The second-order valence-electron chi connectivity index (χ2n) is 3.72. The fraction of sp³-hybridized carbons (Fsp3) is 0.417. The number of aliphatic hydroxyl groups is 1. The Hall–Kier alpha value is -1.44. The third kappa shape index (κ3) is 7.55. The SMILES string of the molecule is CCOC(=O)C(C)O.Cc1ccc(S(=O)(=O)O)cc1. The number of carbonyl (C=O) groups excluding carboxylic acids is 1. The van der Waals surface area contributed by atoms with E-state index in [4.69, 9.17) is 9.66 Å². The molecule has 108 valence electrons. The maximum absolute atomic E-state index is 10.5. The predicted octanol–water partition coefficient (Wildman–Crippen LogP) is 1.17. The van der Waals surface area contributed by atoms with Gasteiger partial charge in [-0.25, -0.2) is 4.79 Å². The van der Waals surface area contributed by atoms with Crippen molar-refractivity contribution >= 4 is 16.1 Å². The number of rotatable bonds is 3. The van der Waals surface area contributed by atoms with Crippen LogP contribution in [-0.4, -0.2) is 36.8 Å². The zero-order chi connectivity index (χ0) is 15.1.